The third-order valence-corrected chi connectivity index (χ3v) is 6.08. The third kappa shape index (κ3) is 4.50. The van der Waals surface area contributed by atoms with E-state index in [2.05, 4.69) is 5.32 Å². The number of para-hydroxylation sites is 1. The zero-order valence-corrected chi connectivity index (χ0v) is 14.9. The molecule has 0 radical (unpaired) electrons. The summed E-state index contributed by atoms with van der Waals surface area (Å²) in [7, 11) is -3.07. The molecule has 136 valence electrons. The third-order valence-electron chi connectivity index (χ3n) is 4.33. The summed E-state index contributed by atoms with van der Waals surface area (Å²) in [5.74, 6) is 0.532. The van der Waals surface area contributed by atoms with Gasteiger partial charge in [0.15, 0.2) is 9.84 Å². The first-order valence-electron chi connectivity index (χ1n) is 8.23. The monoisotopic (exact) mass is 373 g/mol. The predicted molar refractivity (Wildman–Crippen MR) is 96.0 cm³/mol. The van der Waals surface area contributed by atoms with Crippen LogP contribution in [0.1, 0.15) is 17.7 Å². The zero-order chi connectivity index (χ0) is 18.6. The number of furan rings is 1. The Hall–Kier alpha value is -2.63. The molecule has 1 unspecified atom stereocenters. The molecule has 1 aliphatic rings. The highest BCUT2D eigenvalue weighted by molar-refractivity contribution is 7.91. The lowest BCUT2D eigenvalue weighted by molar-refractivity contribution is -0.118. The maximum Gasteiger partial charge on any atom is 0.238 e. The number of carbonyl (C=O) groups excluding carboxylic acids is 1. The number of sulfone groups is 1. The SMILES string of the molecule is N#Cc1ccccc1NC(=O)CN(Cc1ccco1)C1CCS(=O)(=O)C1. The zero-order valence-electron chi connectivity index (χ0n) is 14.1. The van der Waals surface area contributed by atoms with Gasteiger partial charge < -0.3 is 9.73 Å². The standard InChI is InChI=1S/C18H19N3O4S/c19-10-14-4-1-2-6-17(14)20-18(22)12-21(11-16-5-3-8-25-16)15-7-9-26(23,24)13-15/h1-6,8,15H,7,9,11-13H2,(H,20,22). The summed E-state index contributed by atoms with van der Waals surface area (Å²) < 4.78 is 29.0. The van der Waals surface area contributed by atoms with E-state index in [0.717, 1.165) is 0 Å². The van der Waals surface area contributed by atoms with Gasteiger partial charge in [-0.1, -0.05) is 12.1 Å². The van der Waals surface area contributed by atoms with Crippen molar-refractivity contribution in [1.82, 2.24) is 4.90 Å². The molecule has 0 spiro atoms. The lowest BCUT2D eigenvalue weighted by Gasteiger charge is -2.26. The van der Waals surface area contributed by atoms with Crippen LogP contribution in [0.15, 0.2) is 47.1 Å². The van der Waals surface area contributed by atoms with E-state index in [9.17, 15) is 13.2 Å². The van der Waals surface area contributed by atoms with Crippen molar-refractivity contribution < 1.29 is 17.6 Å². The lowest BCUT2D eigenvalue weighted by Crippen LogP contribution is -2.41. The van der Waals surface area contributed by atoms with Crippen LogP contribution in [0.4, 0.5) is 5.69 Å². The average molecular weight is 373 g/mol. The van der Waals surface area contributed by atoms with Gasteiger partial charge in [0.2, 0.25) is 5.91 Å². The van der Waals surface area contributed by atoms with Crippen molar-refractivity contribution in [2.24, 2.45) is 0 Å². The van der Waals surface area contributed by atoms with Gasteiger partial charge in [0.1, 0.15) is 11.8 Å². The number of anilines is 1. The average Bonchev–Trinajstić information content (AvgIpc) is 3.24. The minimum atomic E-state index is -3.07. The minimum absolute atomic E-state index is 0.0145. The van der Waals surface area contributed by atoms with Gasteiger partial charge in [0, 0.05) is 6.04 Å². The number of amides is 1. The van der Waals surface area contributed by atoms with Crippen molar-refractivity contribution in [2.75, 3.05) is 23.4 Å². The number of rotatable bonds is 6. The molecule has 3 rings (SSSR count). The summed E-state index contributed by atoms with van der Waals surface area (Å²) in [5.41, 5.74) is 0.818. The Bertz CT molecular complexity index is 916. The number of nitriles is 1. The summed E-state index contributed by atoms with van der Waals surface area (Å²) >= 11 is 0. The van der Waals surface area contributed by atoms with Gasteiger partial charge in [-0.15, -0.1) is 0 Å². The summed E-state index contributed by atoms with van der Waals surface area (Å²) in [6.07, 6.45) is 2.03. The minimum Gasteiger partial charge on any atom is -0.468 e. The fraction of sp³-hybridized carbons (Fsp3) is 0.333. The van der Waals surface area contributed by atoms with Gasteiger partial charge in [-0.3, -0.25) is 9.69 Å². The Morgan fingerprint density at radius 3 is 2.77 bits per heavy atom. The molecule has 1 amide bonds. The molecule has 1 aliphatic heterocycles. The number of hydrogen-bond donors (Lipinski definition) is 1. The number of nitrogens with one attached hydrogen (secondary N) is 1. The van der Waals surface area contributed by atoms with E-state index < -0.39 is 9.84 Å². The van der Waals surface area contributed by atoms with E-state index in [-0.39, 0.29) is 30.0 Å². The maximum absolute atomic E-state index is 12.5. The number of hydrogen-bond acceptors (Lipinski definition) is 6. The Kier molecular flexibility index (Phi) is 5.40. The molecular formula is C18H19N3O4S. The van der Waals surface area contributed by atoms with Gasteiger partial charge in [-0.2, -0.15) is 5.26 Å². The van der Waals surface area contributed by atoms with Crippen molar-refractivity contribution in [3.05, 3.63) is 54.0 Å². The van der Waals surface area contributed by atoms with Crippen molar-refractivity contribution in [3.63, 3.8) is 0 Å². The van der Waals surface area contributed by atoms with Crippen LogP contribution >= 0.6 is 0 Å². The van der Waals surface area contributed by atoms with Crippen LogP contribution in [0.25, 0.3) is 0 Å². The Balaban J connectivity index is 1.72. The number of nitrogens with zero attached hydrogens (tertiary/aromatic N) is 2. The van der Waals surface area contributed by atoms with E-state index in [4.69, 9.17) is 9.68 Å². The van der Waals surface area contributed by atoms with Crippen LogP contribution in [0, 0.1) is 11.3 Å². The number of carbonyl (C=O) groups is 1. The molecular weight excluding hydrogens is 354 g/mol. The first-order chi connectivity index (χ1) is 12.5. The van der Waals surface area contributed by atoms with Gasteiger partial charge >= 0.3 is 0 Å². The molecule has 2 heterocycles. The Morgan fingerprint density at radius 1 is 1.31 bits per heavy atom. The molecule has 0 aliphatic carbocycles. The topological polar surface area (TPSA) is 103 Å². The Labute approximate surface area is 152 Å². The van der Waals surface area contributed by atoms with Gasteiger partial charge in [-0.25, -0.2) is 8.42 Å². The molecule has 1 aromatic heterocycles. The van der Waals surface area contributed by atoms with E-state index >= 15 is 0 Å². The summed E-state index contributed by atoms with van der Waals surface area (Å²) in [5, 5.41) is 11.9. The van der Waals surface area contributed by atoms with Crippen molar-refractivity contribution in [1.29, 1.82) is 5.26 Å². The molecule has 7 nitrogen and oxygen atoms in total. The van der Waals surface area contributed by atoms with Crippen molar-refractivity contribution in [3.8, 4) is 6.07 Å². The maximum atomic E-state index is 12.5. The van der Waals surface area contributed by atoms with E-state index in [1.54, 1.807) is 42.7 Å². The molecule has 0 saturated carbocycles. The second-order valence-corrected chi connectivity index (χ2v) is 8.48. The van der Waals surface area contributed by atoms with Crippen LogP contribution < -0.4 is 5.32 Å². The van der Waals surface area contributed by atoms with Crippen LogP contribution in [0.3, 0.4) is 0 Å². The second kappa shape index (κ2) is 7.72. The predicted octanol–water partition coefficient (Wildman–Crippen LogP) is 1.78. The van der Waals surface area contributed by atoms with Gasteiger partial charge in [0.05, 0.1) is 42.1 Å². The van der Waals surface area contributed by atoms with E-state index in [1.807, 2.05) is 11.0 Å². The van der Waals surface area contributed by atoms with Crippen molar-refractivity contribution >= 4 is 21.4 Å². The van der Waals surface area contributed by atoms with Gasteiger partial charge in [-0.05, 0) is 30.7 Å². The van der Waals surface area contributed by atoms with Crippen LogP contribution in [-0.2, 0) is 21.2 Å². The second-order valence-electron chi connectivity index (χ2n) is 6.25. The highest BCUT2D eigenvalue weighted by Crippen LogP contribution is 2.21. The lowest BCUT2D eigenvalue weighted by atomic mass is 10.2. The van der Waals surface area contributed by atoms with Gasteiger partial charge in [0.25, 0.3) is 0 Å². The summed E-state index contributed by atoms with van der Waals surface area (Å²) in [6, 6.07) is 12.1. The van der Waals surface area contributed by atoms with Crippen molar-refractivity contribution in [2.45, 2.75) is 19.0 Å². The van der Waals surface area contributed by atoms with Crippen LogP contribution in [0.5, 0.6) is 0 Å². The quantitative estimate of drug-likeness (QED) is 0.828. The fourth-order valence-corrected chi connectivity index (χ4v) is 4.81. The molecule has 0 bridgehead atoms. The molecule has 1 atom stereocenters. The number of benzene rings is 1. The molecule has 1 aromatic carbocycles. The fourth-order valence-electron chi connectivity index (χ4n) is 3.04. The first-order valence-corrected chi connectivity index (χ1v) is 10.0. The molecule has 1 saturated heterocycles. The Morgan fingerprint density at radius 2 is 2.12 bits per heavy atom. The summed E-state index contributed by atoms with van der Waals surface area (Å²) in [4.78, 5) is 14.3. The largest absolute Gasteiger partial charge is 0.468 e. The molecule has 1 fully saturated rings. The molecule has 8 heteroatoms. The summed E-state index contributed by atoms with van der Waals surface area (Å²) in [6.45, 7) is 0.362. The van der Waals surface area contributed by atoms with Crippen LogP contribution in [-0.4, -0.2) is 43.3 Å². The molecule has 2 aromatic rings. The smallest absolute Gasteiger partial charge is 0.238 e. The van der Waals surface area contributed by atoms with Crippen LogP contribution in [0.2, 0.25) is 0 Å². The molecule has 1 N–H and O–H groups in total. The normalized spacial score (nSPS) is 18.5. The molecule has 26 heavy (non-hydrogen) atoms. The van der Waals surface area contributed by atoms with E-state index in [0.29, 0.717) is 30.0 Å². The highest BCUT2D eigenvalue weighted by Gasteiger charge is 2.33. The first kappa shape index (κ1) is 18.2. The highest BCUT2D eigenvalue weighted by atomic mass is 32.2. The van der Waals surface area contributed by atoms with E-state index in [1.165, 1.54) is 0 Å².